The van der Waals surface area contributed by atoms with Crippen LogP contribution in [0, 0.1) is 10.1 Å². The first-order chi connectivity index (χ1) is 12.4. The number of nitro groups is 1. The van der Waals surface area contributed by atoms with E-state index in [1.165, 1.54) is 23.5 Å². The Bertz CT molecular complexity index is 1250. The van der Waals surface area contributed by atoms with Gasteiger partial charge in [-0.05, 0) is 23.6 Å². The van der Waals surface area contributed by atoms with Gasteiger partial charge in [-0.1, -0.05) is 41.7 Å². The molecule has 130 valence electrons. The first-order valence-corrected chi connectivity index (χ1v) is 9.79. The minimum atomic E-state index is -3.88. The van der Waals surface area contributed by atoms with Crippen molar-refractivity contribution in [2.75, 3.05) is 4.72 Å². The first kappa shape index (κ1) is 16.4. The summed E-state index contributed by atoms with van der Waals surface area (Å²) in [4.78, 5) is 14.5. The van der Waals surface area contributed by atoms with Crippen LogP contribution in [0.25, 0.3) is 21.0 Å². The summed E-state index contributed by atoms with van der Waals surface area (Å²) in [6.45, 7) is 0. The van der Waals surface area contributed by atoms with Crippen LogP contribution < -0.4 is 4.72 Å². The molecule has 9 heteroatoms. The van der Waals surface area contributed by atoms with E-state index in [1.807, 2.05) is 36.4 Å². The van der Waals surface area contributed by atoms with E-state index in [-0.39, 0.29) is 15.7 Å². The van der Waals surface area contributed by atoms with Gasteiger partial charge in [-0.15, -0.1) is 0 Å². The van der Waals surface area contributed by atoms with E-state index in [0.29, 0.717) is 0 Å². The molecule has 0 aliphatic rings. The lowest BCUT2D eigenvalue weighted by atomic mass is 10.1. The second-order valence-corrected chi connectivity index (χ2v) is 8.22. The van der Waals surface area contributed by atoms with Gasteiger partial charge in [0.2, 0.25) is 0 Å². The van der Waals surface area contributed by atoms with Crippen molar-refractivity contribution < 1.29 is 13.3 Å². The van der Waals surface area contributed by atoms with Crippen LogP contribution in [-0.4, -0.2) is 18.3 Å². The highest BCUT2D eigenvalue weighted by Crippen LogP contribution is 2.32. The van der Waals surface area contributed by atoms with Crippen LogP contribution in [-0.2, 0) is 10.0 Å². The van der Waals surface area contributed by atoms with Gasteiger partial charge in [0.15, 0.2) is 5.13 Å². The first-order valence-electron chi connectivity index (χ1n) is 7.50. The molecule has 0 aliphatic heterocycles. The summed E-state index contributed by atoms with van der Waals surface area (Å²) in [6.07, 6.45) is 0. The molecule has 0 fully saturated rings. The summed E-state index contributed by atoms with van der Waals surface area (Å²) in [5, 5.41) is 12.9. The molecule has 0 amide bonds. The van der Waals surface area contributed by atoms with Gasteiger partial charge in [0, 0.05) is 17.5 Å². The van der Waals surface area contributed by atoms with Crippen LogP contribution in [0.3, 0.4) is 0 Å². The van der Waals surface area contributed by atoms with E-state index in [4.69, 9.17) is 0 Å². The summed E-state index contributed by atoms with van der Waals surface area (Å²) in [5.41, 5.74) is 0.560. The lowest BCUT2D eigenvalue weighted by Gasteiger charge is -2.04. The number of anilines is 1. The highest BCUT2D eigenvalue weighted by molar-refractivity contribution is 7.93. The second-order valence-electron chi connectivity index (χ2n) is 5.51. The molecule has 0 atom stereocenters. The number of hydrogen-bond donors (Lipinski definition) is 1. The Hall–Kier alpha value is -3.04. The highest BCUT2D eigenvalue weighted by Gasteiger charge is 2.18. The van der Waals surface area contributed by atoms with Crippen molar-refractivity contribution in [3.05, 3.63) is 70.8 Å². The van der Waals surface area contributed by atoms with Crippen molar-refractivity contribution in [2.24, 2.45) is 0 Å². The SMILES string of the molecule is O=[N+]([O-])c1ccc(S(=O)(=O)Nc2nc3c(ccc4ccccc43)s2)cc1. The van der Waals surface area contributed by atoms with Crippen LogP contribution in [0.4, 0.5) is 10.8 Å². The number of aromatic nitrogens is 1. The van der Waals surface area contributed by atoms with Gasteiger partial charge in [-0.25, -0.2) is 13.4 Å². The summed E-state index contributed by atoms with van der Waals surface area (Å²) in [6, 6.07) is 16.3. The second kappa shape index (κ2) is 6.04. The van der Waals surface area contributed by atoms with E-state index < -0.39 is 14.9 Å². The molecular weight excluding hydrogens is 374 g/mol. The van der Waals surface area contributed by atoms with Crippen molar-refractivity contribution in [3.63, 3.8) is 0 Å². The molecule has 0 bridgehead atoms. The topological polar surface area (TPSA) is 102 Å². The fraction of sp³-hybridized carbons (Fsp3) is 0. The van der Waals surface area contributed by atoms with Crippen LogP contribution in [0.2, 0.25) is 0 Å². The number of nitro benzene ring substituents is 1. The molecule has 0 saturated carbocycles. The van der Waals surface area contributed by atoms with E-state index in [1.54, 1.807) is 0 Å². The third-order valence-corrected chi connectivity index (χ3v) is 6.28. The maximum absolute atomic E-state index is 12.5. The molecule has 1 aromatic heterocycles. The minimum absolute atomic E-state index is 0.0628. The van der Waals surface area contributed by atoms with E-state index >= 15 is 0 Å². The maximum atomic E-state index is 12.5. The number of hydrogen-bond acceptors (Lipinski definition) is 6. The number of non-ortho nitro benzene ring substituents is 1. The van der Waals surface area contributed by atoms with Gasteiger partial charge in [0.25, 0.3) is 15.7 Å². The Morgan fingerprint density at radius 1 is 1.00 bits per heavy atom. The zero-order valence-corrected chi connectivity index (χ0v) is 14.8. The Kier molecular flexibility index (Phi) is 3.82. The van der Waals surface area contributed by atoms with Crippen molar-refractivity contribution in [3.8, 4) is 0 Å². The van der Waals surface area contributed by atoms with E-state index in [9.17, 15) is 18.5 Å². The van der Waals surface area contributed by atoms with Gasteiger partial charge in [-0.2, -0.15) is 0 Å². The van der Waals surface area contributed by atoms with Gasteiger partial charge in [0.05, 0.1) is 20.0 Å². The number of nitrogens with zero attached hydrogens (tertiary/aromatic N) is 2. The average Bonchev–Trinajstić information content (AvgIpc) is 3.04. The quantitative estimate of drug-likeness (QED) is 0.420. The minimum Gasteiger partial charge on any atom is -0.258 e. The Morgan fingerprint density at radius 2 is 1.73 bits per heavy atom. The number of thiazole rings is 1. The van der Waals surface area contributed by atoms with Gasteiger partial charge < -0.3 is 0 Å². The molecule has 3 aromatic carbocycles. The fourth-order valence-electron chi connectivity index (χ4n) is 2.63. The normalized spacial score (nSPS) is 11.7. The molecule has 4 aromatic rings. The number of nitrogens with one attached hydrogen (secondary N) is 1. The van der Waals surface area contributed by atoms with Crippen molar-refractivity contribution in [2.45, 2.75) is 4.90 Å². The van der Waals surface area contributed by atoms with Crippen LogP contribution in [0.5, 0.6) is 0 Å². The third kappa shape index (κ3) is 2.87. The zero-order chi connectivity index (χ0) is 18.3. The van der Waals surface area contributed by atoms with Crippen LogP contribution in [0.15, 0.2) is 65.6 Å². The molecule has 1 N–H and O–H groups in total. The van der Waals surface area contributed by atoms with E-state index in [2.05, 4.69) is 9.71 Å². The number of benzene rings is 3. The lowest BCUT2D eigenvalue weighted by molar-refractivity contribution is -0.384. The molecule has 0 unspecified atom stereocenters. The van der Waals surface area contributed by atoms with E-state index in [0.717, 1.165) is 33.1 Å². The standard InChI is InChI=1S/C17H11N3O4S2/c21-20(22)12-6-8-13(9-7-12)26(23,24)19-17-18-16-14-4-2-1-3-11(14)5-10-15(16)25-17/h1-10H,(H,18,19). The molecule has 0 aliphatic carbocycles. The predicted molar refractivity (Wildman–Crippen MR) is 101 cm³/mol. The smallest absolute Gasteiger partial charge is 0.258 e. The van der Waals surface area contributed by atoms with Crippen LogP contribution in [0.1, 0.15) is 0 Å². The monoisotopic (exact) mass is 385 g/mol. The van der Waals surface area contributed by atoms with Crippen LogP contribution >= 0.6 is 11.3 Å². The number of sulfonamides is 1. The predicted octanol–water partition coefficient (Wildman–Crippen LogP) is 4.16. The lowest BCUT2D eigenvalue weighted by Crippen LogP contribution is -2.12. The fourth-order valence-corrected chi connectivity index (χ4v) is 4.74. The average molecular weight is 385 g/mol. The molecule has 26 heavy (non-hydrogen) atoms. The van der Waals surface area contributed by atoms with Crippen molar-refractivity contribution in [1.29, 1.82) is 0 Å². The summed E-state index contributed by atoms with van der Waals surface area (Å²) < 4.78 is 28.3. The highest BCUT2D eigenvalue weighted by atomic mass is 32.2. The molecule has 0 spiro atoms. The molecular formula is C17H11N3O4S2. The van der Waals surface area contributed by atoms with Crippen molar-refractivity contribution in [1.82, 2.24) is 4.98 Å². The zero-order valence-electron chi connectivity index (χ0n) is 13.1. The maximum Gasteiger partial charge on any atom is 0.269 e. The number of rotatable bonds is 4. The van der Waals surface area contributed by atoms with Gasteiger partial charge >= 0.3 is 0 Å². The molecule has 0 saturated heterocycles. The Morgan fingerprint density at radius 3 is 2.46 bits per heavy atom. The van der Waals surface area contributed by atoms with Gasteiger partial charge in [-0.3, -0.25) is 14.8 Å². The number of fused-ring (bicyclic) bond motifs is 3. The molecule has 4 rings (SSSR count). The third-order valence-electron chi connectivity index (χ3n) is 3.86. The molecule has 7 nitrogen and oxygen atoms in total. The molecule has 0 radical (unpaired) electrons. The summed E-state index contributed by atoms with van der Waals surface area (Å²) in [5.74, 6) is 0. The van der Waals surface area contributed by atoms with Crippen molar-refractivity contribution >= 4 is 53.2 Å². The Labute approximate surface area is 152 Å². The van der Waals surface area contributed by atoms with Gasteiger partial charge in [0.1, 0.15) is 0 Å². The summed E-state index contributed by atoms with van der Waals surface area (Å²) in [7, 11) is -3.88. The Balaban J connectivity index is 1.71. The molecule has 1 heterocycles. The largest absolute Gasteiger partial charge is 0.269 e. The summed E-state index contributed by atoms with van der Waals surface area (Å²) >= 11 is 1.23.